The predicted octanol–water partition coefficient (Wildman–Crippen LogP) is 5.36. The number of ether oxygens (including phenoxy) is 2. The van der Waals surface area contributed by atoms with E-state index in [1.54, 1.807) is 39.1 Å². The van der Waals surface area contributed by atoms with Gasteiger partial charge in [-0.3, -0.25) is 0 Å². The Bertz CT molecular complexity index is 1560. The van der Waals surface area contributed by atoms with E-state index in [2.05, 4.69) is 25.7 Å². The Balaban J connectivity index is 1.28. The largest absolute Gasteiger partial charge is 0.441 e. The van der Waals surface area contributed by atoms with Crippen LogP contribution in [0.15, 0.2) is 59.6 Å². The zero-order valence-corrected chi connectivity index (χ0v) is 26.7. The molecule has 0 bridgehead atoms. The molecule has 0 atom stereocenters. The summed E-state index contributed by atoms with van der Waals surface area (Å²) in [6.07, 6.45) is 4.46. The standard InChI is InChI=1S/C31H39N5O6S2/c1-31(2,3)36-44(39,40)27-15-23(34-29(37)33-16-20-7-5-4-6-8-20)13-14-25(27)26-17-32-28(43-26)21-9-11-22(12-10-21)35-30(38)42-24-18-41-19-24/h4-8,13-15,17,21-22,24,36H,9-12,16,18-19H2,1-3H3,(H,35,38)(H2,33,34,37)/t21-,22-. The van der Waals surface area contributed by atoms with E-state index < -0.39 is 27.7 Å². The average molecular weight is 642 g/mol. The summed E-state index contributed by atoms with van der Waals surface area (Å²) in [5.41, 5.74) is 1.10. The van der Waals surface area contributed by atoms with Crippen LogP contribution in [0.2, 0.25) is 0 Å². The molecule has 44 heavy (non-hydrogen) atoms. The zero-order valence-electron chi connectivity index (χ0n) is 25.1. The van der Waals surface area contributed by atoms with Gasteiger partial charge >= 0.3 is 12.1 Å². The molecular formula is C31H39N5O6S2. The van der Waals surface area contributed by atoms with E-state index >= 15 is 0 Å². The van der Waals surface area contributed by atoms with Crippen LogP contribution in [0.3, 0.4) is 0 Å². The molecule has 1 aromatic heterocycles. The minimum Gasteiger partial charge on any atom is -0.441 e. The Labute approximate surface area is 262 Å². The van der Waals surface area contributed by atoms with Gasteiger partial charge in [0.1, 0.15) is 0 Å². The van der Waals surface area contributed by atoms with E-state index in [0.717, 1.165) is 41.1 Å². The van der Waals surface area contributed by atoms with Gasteiger partial charge in [-0.1, -0.05) is 36.4 Å². The molecule has 3 amide bonds. The van der Waals surface area contributed by atoms with E-state index in [9.17, 15) is 18.0 Å². The molecule has 1 saturated carbocycles. The van der Waals surface area contributed by atoms with E-state index in [-0.39, 0.29) is 23.0 Å². The molecule has 11 nitrogen and oxygen atoms in total. The number of nitrogens with one attached hydrogen (secondary N) is 4. The highest BCUT2D eigenvalue weighted by Gasteiger charge is 2.30. The van der Waals surface area contributed by atoms with Crippen molar-refractivity contribution in [2.75, 3.05) is 18.5 Å². The van der Waals surface area contributed by atoms with Crippen molar-refractivity contribution in [2.45, 2.75) is 81.5 Å². The molecule has 2 heterocycles. The number of sulfonamides is 1. The number of urea groups is 1. The number of hydrogen-bond acceptors (Lipinski definition) is 8. The highest BCUT2D eigenvalue weighted by atomic mass is 32.2. The number of nitrogens with zero attached hydrogens (tertiary/aromatic N) is 1. The first-order chi connectivity index (χ1) is 20.9. The highest BCUT2D eigenvalue weighted by Crippen LogP contribution is 2.40. The fourth-order valence-electron chi connectivity index (χ4n) is 5.16. The summed E-state index contributed by atoms with van der Waals surface area (Å²) in [5.74, 6) is 0.213. The highest BCUT2D eigenvalue weighted by molar-refractivity contribution is 7.89. The van der Waals surface area contributed by atoms with Gasteiger partial charge in [-0.25, -0.2) is 27.7 Å². The third-order valence-electron chi connectivity index (χ3n) is 7.33. The summed E-state index contributed by atoms with van der Waals surface area (Å²) in [6.45, 7) is 6.57. The van der Waals surface area contributed by atoms with Crippen LogP contribution in [-0.2, 0) is 26.0 Å². The van der Waals surface area contributed by atoms with Crippen molar-refractivity contribution >= 4 is 39.2 Å². The van der Waals surface area contributed by atoms with Crippen molar-refractivity contribution in [1.82, 2.24) is 20.3 Å². The van der Waals surface area contributed by atoms with Crippen molar-refractivity contribution in [3.63, 3.8) is 0 Å². The van der Waals surface area contributed by atoms with Crippen molar-refractivity contribution < 1.29 is 27.5 Å². The number of benzene rings is 2. The molecule has 3 aromatic rings. The maximum absolute atomic E-state index is 13.6. The summed E-state index contributed by atoms with van der Waals surface area (Å²) in [7, 11) is -3.95. The minimum atomic E-state index is -3.95. The lowest BCUT2D eigenvalue weighted by atomic mass is 9.86. The zero-order chi connectivity index (χ0) is 31.3. The normalized spacial score (nSPS) is 19.1. The molecule has 2 fully saturated rings. The second-order valence-electron chi connectivity index (χ2n) is 12.2. The molecule has 1 aliphatic heterocycles. The van der Waals surface area contributed by atoms with E-state index in [1.165, 1.54) is 17.4 Å². The number of alkyl carbamates (subject to hydrolysis) is 1. The van der Waals surface area contributed by atoms with Gasteiger partial charge in [-0.05, 0) is 64.2 Å². The van der Waals surface area contributed by atoms with Crippen molar-refractivity contribution in [3.8, 4) is 10.4 Å². The lowest BCUT2D eigenvalue weighted by Crippen LogP contribution is -2.44. The van der Waals surface area contributed by atoms with Gasteiger partial charge in [-0.2, -0.15) is 0 Å². The number of amides is 3. The molecule has 0 radical (unpaired) electrons. The summed E-state index contributed by atoms with van der Waals surface area (Å²) in [6, 6.07) is 14.0. The van der Waals surface area contributed by atoms with Crippen molar-refractivity contribution in [2.24, 2.45) is 0 Å². The lowest BCUT2D eigenvalue weighted by molar-refractivity contribution is -0.0985. The lowest BCUT2D eigenvalue weighted by Gasteiger charge is -2.30. The van der Waals surface area contributed by atoms with Crippen molar-refractivity contribution in [3.05, 3.63) is 65.3 Å². The van der Waals surface area contributed by atoms with Gasteiger partial charge in [0.15, 0.2) is 6.10 Å². The second-order valence-corrected chi connectivity index (χ2v) is 14.9. The van der Waals surface area contributed by atoms with E-state index in [0.29, 0.717) is 31.0 Å². The SMILES string of the molecule is CC(C)(C)NS(=O)(=O)c1cc(NC(=O)NCc2ccccc2)ccc1-c1cnc([C@H]2CC[C@H](NC(=O)OC3COC3)CC2)s1. The van der Waals surface area contributed by atoms with Crippen LogP contribution in [0.5, 0.6) is 0 Å². The number of hydrogen-bond donors (Lipinski definition) is 4. The number of carbonyl (C=O) groups is 2. The molecule has 0 spiro atoms. The molecular weight excluding hydrogens is 603 g/mol. The number of aromatic nitrogens is 1. The first-order valence-corrected chi connectivity index (χ1v) is 17.0. The Hall–Kier alpha value is -3.52. The second kappa shape index (κ2) is 13.6. The maximum atomic E-state index is 13.6. The third kappa shape index (κ3) is 8.56. The Morgan fingerprint density at radius 3 is 2.43 bits per heavy atom. The number of thiazole rings is 1. The quantitative estimate of drug-likeness (QED) is 0.246. The van der Waals surface area contributed by atoms with Crippen LogP contribution in [-0.4, -0.2) is 56.4 Å². The molecule has 2 aromatic carbocycles. The van der Waals surface area contributed by atoms with Crippen LogP contribution in [0.25, 0.3) is 10.4 Å². The summed E-state index contributed by atoms with van der Waals surface area (Å²) in [4.78, 5) is 30.2. The van der Waals surface area contributed by atoms with Crippen LogP contribution in [0.1, 0.15) is 62.9 Å². The molecule has 5 rings (SSSR count). The van der Waals surface area contributed by atoms with Crippen LogP contribution < -0.4 is 20.7 Å². The van der Waals surface area contributed by atoms with E-state index in [4.69, 9.17) is 9.47 Å². The number of anilines is 1. The van der Waals surface area contributed by atoms with Crippen LogP contribution in [0, 0.1) is 0 Å². The topological polar surface area (TPSA) is 148 Å². The molecule has 13 heteroatoms. The summed E-state index contributed by atoms with van der Waals surface area (Å²) < 4.78 is 40.3. The maximum Gasteiger partial charge on any atom is 0.407 e. The van der Waals surface area contributed by atoms with Gasteiger partial charge in [0, 0.05) is 41.5 Å². The number of rotatable bonds is 9. The first-order valence-electron chi connectivity index (χ1n) is 14.7. The van der Waals surface area contributed by atoms with Gasteiger partial charge < -0.3 is 25.4 Å². The summed E-state index contributed by atoms with van der Waals surface area (Å²) in [5, 5.41) is 9.45. The predicted molar refractivity (Wildman–Crippen MR) is 169 cm³/mol. The van der Waals surface area contributed by atoms with Crippen molar-refractivity contribution in [1.29, 1.82) is 0 Å². The van der Waals surface area contributed by atoms with Gasteiger partial charge in [0.2, 0.25) is 10.0 Å². The van der Waals surface area contributed by atoms with Crippen LogP contribution in [0.4, 0.5) is 15.3 Å². The van der Waals surface area contributed by atoms with Gasteiger partial charge in [0.05, 0.1) is 28.0 Å². The molecule has 236 valence electrons. The Morgan fingerprint density at radius 1 is 1.05 bits per heavy atom. The minimum absolute atomic E-state index is 0.0457. The van der Waals surface area contributed by atoms with Gasteiger partial charge in [-0.15, -0.1) is 11.3 Å². The fourth-order valence-corrected chi connectivity index (χ4v) is 8.01. The van der Waals surface area contributed by atoms with Crippen LogP contribution >= 0.6 is 11.3 Å². The Kier molecular flexibility index (Phi) is 9.88. The molecule has 2 aliphatic rings. The van der Waals surface area contributed by atoms with Gasteiger partial charge in [0.25, 0.3) is 0 Å². The molecule has 0 unspecified atom stereocenters. The smallest absolute Gasteiger partial charge is 0.407 e. The molecule has 4 N–H and O–H groups in total. The monoisotopic (exact) mass is 641 g/mol. The summed E-state index contributed by atoms with van der Waals surface area (Å²) >= 11 is 1.47. The Morgan fingerprint density at radius 2 is 1.77 bits per heavy atom. The fraction of sp³-hybridized carbons (Fsp3) is 0.452. The molecule has 1 aliphatic carbocycles. The third-order valence-corrected chi connectivity index (χ3v) is 10.3. The first kappa shape index (κ1) is 31.9. The number of carbonyl (C=O) groups excluding carboxylic acids is 2. The molecule has 1 saturated heterocycles. The average Bonchev–Trinajstić information content (AvgIpc) is 3.44. The van der Waals surface area contributed by atoms with E-state index in [1.807, 2.05) is 30.3 Å².